The number of benzene rings is 1. The number of fused-ring (bicyclic) bond motifs is 2. The lowest BCUT2D eigenvalue weighted by Gasteiger charge is -2.48. The van der Waals surface area contributed by atoms with Crippen LogP contribution in [0.25, 0.3) is 0 Å². The number of carbonyl (C=O) groups excluding carboxylic acids is 1. The molecule has 2 bridgehead atoms. The molecule has 0 aromatic heterocycles. The van der Waals surface area contributed by atoms with Gasteiger partial charge in [-0.05, 0) is 24.6 Å². The average molecular weight is 320 g/mol. The molecule has 5 heteroatoms. The van der Waals surface area contributed by atoms with Gasteiger partial charge in [0.05, 0.1) is 31.8 Å². The first-order chi connectivity index (χ1) is 11.0. The molecule has 0 aliphatic carbocycles. The van der Waals surface area contributed by atoms with E-state index >= 15 is 0 Å². The van der Waals surface area contributed by atoms with Crippen molar-refractivity contribution in [2.45, 2.75) is 45.9 Å². The molecule has 2 saturated heterocycles. The first kappa shape index (κ1) is 16.3. The Morgan fingerprint density at radius 2 is 1.78 bits per heavy atom. The van der Waals surface area contributed by atoms with E-state index in [1.54, 1.807) is 7.11 Å². The van der Waals surface area contributed by atoms with Crippen LogP contribution in [-0.4, -0.2) is 31.6 Å². The van der Waals surface area contributed by atoms with Gasteiger partial charge in [0.2, 0.25) is 6.29 Å². The summed E-state index contributed by atoms with van der Waals surface area (Å²) in [6, 6.07) is 7.84. The van der Waals surface area contributed by atoms with Crippen LogP contribution in [0.5, 0.6) is 5.75 Å². The van der Waals surface area contributed by atoms with Crippen LogP contribution in [0.3, 0.4) is 0 Å². The molecule has 3 rings (SSSR count). The Kier molecular flexibility index (Phi) is 4.60. The summed E-state index contributed by atoms with van der Waals surface area (Å²) in [7, 11) is 1.65. The van der Waals surface area contributed by atoms with Crippen molar-refractivity contribution < 1.29 is 23.7 Å². The minimum atomic E-state index is -0.499. The molecular weight excluding hydrogens is 296 g/mol. The first-order valence-corrected chi connectivity index (χ1v) is 8.11. The molecule has 2 aliphatic rings. The lowest BCUT2D eigenvalue weighted by atomic mass is 9.79. The van der Waals surface area contributed by atoms with Gasteiger partial charge in [-0.2, -0.15) is 0 Å². The summed E-state index contributed by atoms with van der Waals surface area (Å²) in [4.78, 5) is 11.9. The highest BCUT2D eigenvalue weighted by atomic mass is 16.7. The van der Waals surface area contributed by atoms with Crippen LogP contribution in [0.1, 0.15) is 26.3 Å². The third kappa shape index (κ3) is 3.08. The molecule has 1 aromatic rings. The van der Waals surface area contributed by atoms with E-state index in [2.05, 4.69) is 6.92 Å². The lowest BCUT2D eigenvalue weighted by Crippen LogP contribution is -2.58. The number of carbonyl (C=O) groups is 1. The van der Waals surface area contributed by atoms with E-state index in [4.69, 9.17) is 18.9 Å². The molecule has 0 radical (unpaired) electrons. The van der Waals surface area contributed by atoms with Gasteiger partial charge in [-0.25, -0.2) is 0 Å². The van der Waals surface area contributed by atoms with Gasteiger partial charge in [0.1, 0.15) is 5.75 Å². The Morgan fingerprint density at radius 1 is 1.09 bits per heavy atom. The Balaban J connectivity index is 1.68. The van der Waals surface area contributed by atoms with Crippen LogP contribution in [-0.2, 0) is 25.6 Å². The summed E-state index contributed by atoms with van der Waals surface area (Å²) in [5, 5.41) is 0. The number of methoxy groups -OCH3 is 1. The predicted octanol–water partition coefficient (Wildman–Crippen LogP) is 2.77. The zero-order valence-corrected chi connectivity index (χ0v) is 14.0. The van der Waals surface area contributed by atoms with Crippen molar-refractivity contribution >= 4 is 5.97 Å². The van der Waals surface area contributed by atoms with E-state index in [1.807, 2.05) is 38.1 Å². The molecule has 1 aromatic carbocycles. The number of ether oxygens (including phenoxy) is 4. The van der Waals surface area contributed by atoms with Crippen molar-refractivity contribution in [3.63, 3.8) is 0 Å². The fourth-order valence-electron chi connectivity index (χ4n) is 3.51. The number of esters is 1. The minimum absolute atomic E-state index is 0.00333. The van der Waals surface area contributed by atoms with E-state index in [-0.39, 0.29) is 35.9 Å². The van der Waals surface area contributed by atoms with Gasteiger partial charge >= 0.3 is 5.97 Å². The molecule has 2 fully saturated rings. The molecule has 2 heterocycles. The number of hydrogen-bond acceptors (Lipinski definition) is 5. The molecule has 5 nitrogen and oxygen atoms in total. The fourth-order valence-corrected chi connectivity index (χ4v) is 3.51. The standard InChI is InChI=1S/C18H24O5/c1-10-15(21-9-13-5-7-14(20-4)8-6-13)12(3)18-22-16(10)11(2)17(19)23-18/h5-8,10-12,15-16,18H,9H2,1-4H3/t10-,11+,12+,15+,16+,18+/m0/s1. The van der Waals surface area contributed by atoms with Crippen molar-refractivity contribution in [1.82, 2.24) is 0 Å². The summed E-state index contributed by atoms with van der Waals surface area (Å²) < 4.78 is 22.6. The second kappa shape index (κ2) is 6.49. The second-order valence-electron chi connectivity index (χ2n) is 6.54. The van der Waals surface area contributed by atoms with E-state index in [0.29, 0.717) is 6.61 Å². The van der Waals surface area contributed by atoms with E-state index < -0.39 is 6.29 Å². The second-order valence-corrected chi connectivity index (χ2v) is 6.54. The molecular formula is C18H24O5. The Bertz CT molecular complexity index is 555. The van der Waals surface area contributed by atoms with Crippen LogP contribution in [0.4, 0.5) is 0 Å². The maximum atomic E-state index is 11.9. The van der Waals surface area contributed by atoms with Gasteiger partial charge < -0.3 is 18.9 Å². The van der Waals surface area contributed by atoms with Crippen LogP contribution in [0, 0.1) is 17.8 Å². The Labute approximate surface area is 136 Å². The third-order valence-corrected chi connectivity index (χ3v) is 4.97. The zero-order valence-electron chi connectivity index (χ0n) is 14.0. The first-order valence-electron chi connectivity index (χ1n) is 8.11. The van der Waals surface area contributed by atoms with Crippen LogP contribution in [0.15, 0.2) is 24.3 Å². The summed E-state index contributed by atoms with van der Waals surface area (Å²) in [6.45, 7) is 6.48. The summed E-state index contributed by atoms with van der Waals surface area (Å²) in [5.41, 5.74) is 1.09. The molecule has 23 heavy (non-hydrogen) atoms. The third-order valence-electron chi connectivity index (χ3n) is 4.97. The minimum Gasteiger partial charge on any atom is -0.497 e. The van der Waals surface area contributed by atoms with Crippen molar-refractivity contribution in [3.8, 4) is 5.75 Å². The zero-order chi connectivity index (χ0) is 16.6. The Morgan fingerprint density at radius 3 is 2.43 bits per heavy atom. The highest BCUT2D eigenvalue weighted by Gasteiger charge is 2.51. The number of rotatable bonds is 4. The molecule has 0 amide bonds. The lowest BCUT2D eigenvalue weighted by molar-refractivity contribution is -0.297. The maximum absolute atomic E-state index is 11.9. The van der Waals surface area contributed by atoms with Crippen molar-refractivity contribution in [2.75, 3.05) is 7.11 Å². The van der Waals surface area contributed by atoms with Gasteiger partial charge in [-0.15, -0.1) is 0 Å². The van der Waals surface area contributed by atoms with Crippen molar-refractivity contribution in [3.05, 3.63) is 29.8 Å². The van der Waals surface area contributed by atoms with E-state index in [0.717, 1.165) is 11.3 Å². The summed E-state index contributed by atoms with van der Waals surface area (Å²) >= 11 is 0. The molecule has 2 aliphatic heterocycles. The average Bonchev–Trinajstić information content (AvgIpc) is 2.56. The summed E-state index contributed by atoms with van der Waals surface area (Å²) in [6.07, 6.45) is -0.643. The molecule has 0 N–H and O–H groups in total. The molecule has 0 unspecified atom stereocenters. The molecule has 126 valence electrons. The van der Waals surface area contributed by atoms with Crippen LogP contribution < -0.4 is 4.74 Å². The van der Waals surface area contributed by atoms with Gasteiger partial charge in [-0.3, -0.25) is 4.79 Å². The monoisotopic (exact) mass is 320 g/mol. The predicted molar refractivity (Wildman–Crippen MR) is 83.8 cm³/mol. The Hall–Kier alpha value is -1.59. The van der Waals surface area contributed by atoms with Crippen LogP contribution in [0.2, 0.25) is 0 Å². The quantitative estimate of drug-likeness (QED) is 0.799. The highest BCUT2D eigenvalue weighted by Crippen LogP contribution is 2.40. The molecule has 6 atom stereocenters. The topological polar surface area (TPSA) is 54.0 Å². The van der Waals surface area contributed by atoms with Crippen molar-refractivity contribution in [2.24, 2.45) is 17.8 Å². The van der Waals surface area contributed by atoms with Crippen molar-refractivity contribution in [1.29, 1.82) is 0 Å². The largest absolute Gasteiger partial charge is 0.497 e. The van der Waals surface area contributed by atoms with E-state index in [1.165, 1.54) is 0 Å². The molecule has 0 saturated carbocycles. The van der Waals surface area contributed by atoms with Gasteiger partial charge in [0, 0.05) is 11.8 Å². The number of hydrogen-bond donors (Lipinski definition) is 0. The van der Waals surface area contributed by atoms with Gasteiger partial charge in [0.15, 0.2) is 0 Å². The smallest absolute Gasteiger partial charge is 0.313 e. The highest BCUT2D eigenvalue weighted by molar-refractivity contribution is 5.73. The van der Waals surface area contributed by atoms with E-state index in [9.17, 15) is 4.79 Å². The SMILES string of the molecule is COc1ccc(CO[C@H]2[C@@H](C)[C@H]3OC(=O)[C@H](C)[C@H](O3)[C@H]2C)cc1. The molecule has 0 spiro atoms. The normalized spacial score (nSPS) is 36.4. The maximum Gasteiger partial charge on any atom is 0.313 e. The van der Waals surface area contributed by atoms with Crippen LogP contribution >= 0.6 is 0 Å². The summed E-state index contributed by atoms with van der Waals surface area (Å²) in [5.74, 6) is 0.564. The van der Waals surface area contributed by atoms with Gasteiger partial charge in [-0.1, -0.05) is 26.0 Å². The fraction of sp³-hybridized carbons (Fsp3) is 0.611. The van der Waals surface area contributed by atoms with Gasteiger partial charge in [0.25, 0.3) is 0 Å².